The van der Waals surface area contributed by atoms with Crippen LogP contribution >= 0.6 is 0 Å². The normalized spacial score (nSPS) is 9.48. The van der Waals surface area contributed by atoms with Crippen molar-refractivity contribution in [2.24, 2.45) is 0 Å². The van der Waals surface area contributed by atoms with E-state index < -0.39 is 11.4 Å². The van der Waals surface area contributed by atoms with E-state index in [1.54, 1.807) is 0 Å². The Kier molecular flexibility index (Phi) is 11.9. The van der Waals surface area contributed by atoms with Gasteiger partial charge in [0.1, 0.15) is 5.41 Å². The minimum Gasteiger partial charge on any atom is -0.857 e. The number of hydrogen-bond acceptors (Lipinski definition) is 3. The van der Waals surface area contributed by atoms with Crippen LogP contribution in [0.2, 0.25) is 0 Å². The van der Waals surface area contributed by atoms with Crippen molar-refractivity contribution in [1.29, 1.82) is 0 Å². The van der Waals surface area contributed by atoms with Gasteiger partial charge in [-0.1, -0.05) is 91.0 Å². The molecule has 0 heterocycles. The third-order valence-electron chi connectivity index (χ3n) is 3.94. The molecule has 3 aromatic carbocycles. The minimum atomic E-state index is -1.20. The van der Waals surface area contributed by atoms with Gasteiger partial charge in [-0.15, -0.1) is 0 Å². The number of rotatable bonds is 4. The van der Waals surface area contributed by atoms with Gasteiger partial charge < -0.3 is 15.3 Å². The van der Waals surface area contributed by atoms with Gasteiger partial charge in [0.25, 0.3) is 0 Å². The zero-order valence-electron chi connectivity index (χ0n) is 15.3. The van der Waals surface area contributed by atoms with Gasteiger partial charge >= 0.3 is 27.7 Å². The van der Waals surface area contributed by atoms with Gasteiger partial charge in [-0.25, -0.2) is 0 Å². The maximum atomic E-state index is 12.4. The van der Waals surface area contributed by atoms with Gasteiger partial charge in [-0.05, 0) is 16.7 Å². The largest absolute Gasteiger partial charge is 2.00 e. The minimum absolute atomic E-state index is 0. The average molecular weight is 398 g/mol. The quantitative estimate of drug-likeness (QED) is 0.539. The average Bonchev–Trinajstić information content (AvgIpc) is 2.74. The first-order chi connectivity index (χ1) is 12.8. The van der Waals surface area contributed by atoms with Gasteiger partial charge in [0.05, 0.1) is 0 Å². The van der Waals surface area contributed by atoms with Crippen molar-refractivity contribution < 1.29 is 41.8 Å². The molecule has 0 aromatic heterocycles. The molecule has 0 saturated heterocycles. The number of carbonyl (C=O) groups is 1. The first-order valence-electron chi connectivity index (χ1n) is 7.98. The zero-order valence-corrected chi connectivity index (χ0v) is 16.9. The molecule has 0 fully saturated rings. The summed E-state index contributed by atoms with van der Waals surface area (Å²) in [4.78, 5) is 12.4. The van der Waals surface area contributed by atoms with Crippen LogP contribution in [0, 0.1) is 0 Å². The molecule has 4 nitrogen and oxygen atoms in total. The molecule has 0 spiro atoms. The monoisotopic (exact) mass is 398 g/mol. The number of hydrogen-bond donors (Lipinski definition) is 1. The van der Waals surface area contributed by atoms with Crippen LogP contribution in [0.5, 0.6) is 0 Å². The van der Waals surface area contributed by atoms with E-state index in [1.165, 1.54) is 0 Å². The van der Waals surface area contributed by atoms with Gasteiger partial charge in [-0.2, -0.15) is 14.2 Å². The summed E-state index contributed by atoms with van der Waals surface area (Å²) in [5.74, 6) is -0.879. The molecule has 0 aliphatic heterocycles. The number of aliphatic carboxylic acids is 1. The summed E-state index contributed by atoms with van der Waals surface area (Å²) in [6.45, 7) is 0. The van der Waals surface area contributed by atoms with E-state index >= 15 is 0 Å². The molecular formula is C22H22O4Ti. The zero-order chi connectivity index (χ0) is 19.4. The van der Waals surface area contributed by atoms with E-state index in [9.17, 15) is 9.90 Å². The molecule has 1 N–H and O–H groups in total. The molecule has 0 unspecified atom stereocenters. The molecule has 138 valence electrons. The van der Waals surface area contributed by atoms with E-state index in [0.717, 1.165) is 30.9 Å². The SMILES string of the molecule is C[O-].C[O-].O=C(O)C(c1ccccc1)(c1ccccc1)c1ccccc1.[Ti+2]. The smallest absolute Gasteiger partial charge is 0.857 e. The Morgan fingerprint density at radius 2 is 0.852 bits per heavy atom. The molecule has 0 aliphatic rings. The first-order valence-corrected chi connectivity index (χ1v) is 7.98. The number of carboxylic acid groups (broad SMARTS) is 1. The molecule has 0 atom stereocenters. The van der Waals surface area contributed by atoms with E-state index in [0.29, 0.717) is 0 Å². The predicted octanol–water partition coefficient (Wildman–Crippen LogP) is 2.06. The van der Waals surface area contributed by atoms with Gasteiger partial charge in [0.15, 0.2) is 0 Å². The van der Waals surface area contributed by atoms with E-state index in [4.69, 9.17) is 10.2 Å². The van der Waals surface area contributed by atoms with Gasteiger partial charge in [-0.3, -0.25) is 4.79 Å². The Hall–Kier alpha value is -2.24. The molecule has 0 aliphatic carbocycles. The fourth-order valence-electron chi connectivity index (χ4n) is 2.93. The molecule has 3 rings (SSSR count). The van der Waals surface area contributed by atoms with Gasteiger partial charge in [0.2, 0.25) is 0 Å². The van der Waals surface area contributed by atoms with Crippen molar-refractivity contribution in [3.05, 3.63) is 108 Å². The van der Waals surface area contributed by atoms with E-state index in [1.807, 2.05) is 91.0 Å². The molecule has 0 amide bonds. The summed E-state index contributed by atoms with van der Waals surface area (Å²) in [7, 11) is 1.50. The molecule has 0 saturated carbocycles. The number of benzene rings is 3. The van der Waals surface area contributed by atoms with Crippen molar-refractivity contribution in [2.45, 2.75) is 5.41 Å². The summed E-state index contributed by atoms with van der Waals surface area (Å²) in [5, 5.41) is 26.7. The molecular weight excluding hydrogens is 376 g/mol. The van der Waals surface area contributed by atoms with Crippen molar-refractivity contribution in [3.8, 4) is 0 Å². The Balaban J connectivity index is 0.00000127. The van der Waals surface area contributed by atoms with Crippen LogP contribution in [0.1, 0.15) is 16.7 Å². The Morgan fingerprint density at radius 3 is 1.04 bits per heavy atom. The van der Waals surface area contributed by atoms with E-state index in [2.05, 4.69) is 0 Å². The Bertz CT molecular complexity index is 665. The second-order valence-corrected chi connectivity index (χ2v) is 5.15. The third kappa shape index (κ3) is 5.37. The van der Waals surface area contributed by atoms with Gasteiger partial charge in [0, 0.05) is 0 Å². The summed E-state index contributed by atoms with van der Waals surface area (Å²) >= 11 is 0. The summed E-state index contributed by atoms with van der Waals surface area (Å²) in [6.07, 6.45) is 0. The second kappa shape index (κ2) is 13.0. The van der Waals surface area contributed by atoms with Crippen LogP contribution in [0.25, 0.3) is 0 Å². The van der Waals surface area contributed by atoms with Crippen LogP contribution in [0.15, 0.2) is 91.0 Å². The van der Waals surface area contributed by atoms with Crippen LogP contribution in [0.4, 0.5) is 0 Å². The predicted molar refractivity (Wildman–Crippen MR) is 98.7 cm³/mol. The first kappa shape index (κ1) is 24.8. The topological polar surface area (TPSA) is 83.4 Å². The van der Waals surface area contributed by atoms with Crippen molar-refractivity contribution in [1.82, 2.24) is 0 Å². The standard InChI is InChI=1S/C20H16O2.2CH3O.Ti/c21-19(22)20(16-10-4-1-5-11-16,17-12-6-2-7-13-17)18-14-8-3-9-15-18;2*1-2;/h1-15H,(H,21,22);2*1H3;/q;2*-1;+2. The molecule has 0 radical (unpaired) electrons. The fraction of sp³-hybridized carbons (Fsp3) is 0.136. The second-order valence-electron chi connectivity index (χ2n) is 5.15. The molecule has 3 aromatic rings. The van der Waals surface area contributed by atoms with Crippen LogP contribution in [-0.4, -0.2) is 25.3 Å². The fourth-order valence-corrected chi connectivity index (χ4v) is 2.93. The maximum Gasteiger partial charge on any atom is 2.00 e. The number of carboxylic acids is 1. The van der Waals surface area contributed by atoms with E-state index in [-0.39, 0.29) is 21.7 Å². The summed E-state index contributed by atoms with van der Waals surface area (Å²) in [6, 6.07) is 28.1. The Morgan fingerprint density at radius 1 is 0.630 bits per heavy atom. The van der Waals surface area contributed by atoms with Crippen LogP contribution < -0.4 is 10.2 Å². The molecule has 27 heavy (non-hydrogen) atoms. The van der Waals surface area contributed by atoms with Crippen LogP contribution in [0.3, 0.4) is 0 Å². The summed E-state index contributed by atoms with van der Waals surface area (Å²) < 4.78 is 0. The maximum absolute atomic E-state index is 12.4. The summed E-state index contributed by atoms with van der Waals surface area (Å²) in [5.41, 5.74) is 1.05. The van der Waals surface area contributed by atoms with Crippen LogP contribution in [-0.2, 0) is 31.9 Å². The third-order valence-corrected chi connectivity index (χ3v) is 3.94. The Labute approximate surface area is 175 Å². The molecule has 5 heteroatoms. The van der Waals surface area contributed by atoms with Crippen molar-refractivity contribution >= 4 is 5.97 Å². The van der Waals surface area contributed by atoms with Crippen molar-refractivity contribution in [3.63, 3.8) is 0 Å². The molecule has 0 bridgehead atoms. The van der Waals surface area contributed by atoms with Crippen molar-refractivity contribution in [2.75, 3.05) is 14.2 Å².